The van der Waals surface area contributed by atoms with E-state index in [0.29, 0.717) is 12.2 Å². The lowest BCUT2D eigenvalue weighted by Gasteiger charge is -2.21. The van der Waals surface area contributed by atoms with Crippen LogP contribution in [0.5, 0.6) is 5.75 Å². The summed E-state index contributed by atoms with van der Waals surface area (Å²) in [6, 6.07) is 7.72. The third-order valence-electron chi connectivity index (χ3n) is 5.04. The van der Waals surface area contributed by atoms with Gasteiger partial charge in [-0.3, -0.25) is 9.59 Å². The Bertz CT molecular complexity index is 594. The van der Waals surface area contributed by atoms with E-state index in [9.17, 15) is 9.59 Å². The van der Waals surface area contributed by atoms with E-state index in [1.54, 1.807) is 4.90 Å². The van der Waals surface area contributed by atoms with E-state index in [1.165, 1.54) is 32.1 Å². The molecule has 2 fully saturated rings. The minimum absolute atomic E-state index is 0.0217. The highest BCUT2D eigenvalue weighted by Crippen LogP contribution is 2.25. The van der Waals surface area contributed by atoms with Crippen LogP contribution in [0.1, 0.15) is 57.8 Å². The number of carbonyl (C=O) groups excluding carboxylic acids is 2. The Morgan fingerprint density at radius 1 is 1.12 bits per heavy atom. The number of amides is 2. The summed E-state index contributed by atoms with van der Waals surface area (Å²) in [5.74, 6) is 0.720. The van der Waals surface area contributed by atoms with Crippen molar-refractivity contribution in [2.45, 2.75) is 63.8 Å². The van der Waals surface area contributed by atoms with Gasteiger partial charge in [-0.05, 0) is 31.4 Å². The number of hydrogen-bond acceptors (Lipinski definition) is 3. The predicted octanol–water partition coefficient (Wildman–Crippen LogP) is 3.42. The van der Waals surface area contributed by atoms with Crippen LogP contribution in [0.25, 0.3) is 0 Å². The van der Waals surface area contributed by atoms with E-state index in [4.69, 9.17) is 4.74 Å². The SMILES string of the molecule is O=C(COc1cccc(N2CCCC2=O)c1)NC1CCCCCCC1. The van der Waals surface area contributed by atoms with Crippen molar-refractivity contribution in [2.75, 3.05) is 18.1 Å². The van der Waals surface area contributed by atoms with Crippen LogP contribution in [0.3, 0.4) is 0 Å². The van der Waals surface area contributed by atoms with Crippen LogP contribution < -0.4 is 15.0 Å². The second-order valence-corrected chi connectivity index (χ2v) is 7.04. The molecule has 5 heteroatoms. The molecule has 1 saturated heterocycles. The van der Waals surface area contributed by atoms with Gasteiger partial charge in [0.2, 0.25) is 5.91 Å². The highest BCUT2D eigenvalue weighted by atomic mass is 16.5. The smallest absolute Gasteiger partial charge is 0.258 e. The third kappa shape index (κ3) is 5.21. The number of rotatable bonds is 5. The minimum Gasteiger partial charge on any atom is -0.484 e. The van der Waals surface area contributed by atoms with Gasteiger partial charge in [0, 0.05) is 30.8 Å². The molecule has 0 radical (unpaired) electrons. The number of nitrogens with one attached hydrogen (secondary N) is 1. The number of anilines is 1. The van der Waals surface area contributed by atoms with Crippen molar-refractivity contribution in [3.05, 3.63) is 24.3 Å². The molecule has 0 spiro atoms. The molecule has 2 aliphatic rings. The van der Waals surface area contributed by atoms with E-state index in [-0.39, 0.29) is 24.5 Å². The number of hydrogen-bond donors (Lipinski definition) is 1. The fourth-order valence-corrected chi connectivity index (χ4v) is 3.68. The van der Waals surface area contributed by atoms with Gasteiger partial charge >= 0.3 is 0 Å². The quantitative estimate of drug-likeness (QED) is 0.890. The summed E-state index contributed by atoms with van der Waals surface area (Å²) >= 11 is 0. The molecule has 5 nitrogen and oxygen atoms in total. The summed E-state index contributed by atoms with van der Waals surface area (Å²) in [5.41, 5.74) is 0.848. The predicted molar refractivity (Wildman–Crippen MR) is 97.8 cm³/mol. The van der Waals surface area contributed by atoms with Crippen molar-refractivity contribution in [3.63, 3.8) is 0 Å². The van der Waals surface area contributed by atoms with Gasteiger partial charge in [-0.2, -0.15) is 0 Å². The molecule has 1 aromatic rings. The largest absolute Gasteiger partial charge is 0.484 e. The molecule has 0 bridgehead atoms. The molecule has 1 heterocycles. The molecule has 1 N–H and O–H groups in total. The zero-order valence-corrected chi connectivity index (χ0v) is 14.8. The van der Waals surface area contributed by atoms with Crippen LogP contribution in [0, 0.1) is 0 Å². The van der Waals surface area contributed by atoms with E-state index >= 15 is 0 Å². The van der Waals surface area contributed by atoms with Crippen molar-refractivity contribution < 1.29 is 14.3 Å². The standard InChI is InChI=1S/C20H28N2O3/c23-19(21-16-8-4-2-1-3-5-9-16)15-25-18-11-6-10-17(14-18)22-13-7-12-20(22)24/h6,10-11,14,16H,1-5,7-9,12-13,15H2,(H,21,23). The monoisotopic (exact) mass is 344 g/mol. The van der Waals surface area contributed by atoms with Gasteiger partial charge in [0.05, 0.1) is 0 Å². The average Bonchev–Trinajstić information content (AvgIpc) is 3.02. The molecule has 1 aliphatic heterocycles. The van der Waals surface area contributed by atoms with Crippen molar-refractivity contribution in [2.24, 2.45) is 0 Å². The first-order valence-corrected chi connectivity index (χ1v) is 9.55. The lowest BCUT2D eigenvalue weighted by Crippen LogP contribution is -2.38. The maximum absolute atomic E-state index is 12.2. The first-order valence-electron chi connectivity index (χ1n) is 9.55. The van der Waals surface area contributed by atoms with Crippen LogP contribution in [-0.2, 0) is 9.59 Å². The highest BCUT2D eigenvalue weighted by Gasteiger charge is 2.22. The van der Waals surface area contributed by atoms with Crippen molar-refractivity contribution in [3.8, 4) is 5.75 Å². The molecule has 1 saturated carbocycles. The van der Waals surface area contributed by atoms with Crippen LogP contribution >= 0.6 is 0 Å². The lowest BCUT2D eigenvalue weighted by molar-refractivity contribution is -0.124. The molecule has 136 valence electrons. The second kappa shape index (κ2) is 8.88. The molecule has 3 rings (SSSR count). The van der Waals surface area contributed by atoms with Gasteiger partial charge in [-0.15, -0.1) is 0 Å². The highest BCUT2D eigenvalue weighted by molar-refractivity contribution is 5.95. The van der Waals surface area contributed by atoms with Crippen molar-refractivity contribution in [1.29, 1.82) is 0 Å². The molecular weight excluding hydrogens is 316 g/mol. The van der Waals surface area contributed by atoms with Gasteiger partial charge in [0.25, 0.3) is 5.91 Å². The zero-order chi connectivity index (χ0) is 17.5. The molecule has 1 aliphatic carbocycles. The Labute approximate surface area is 149 Å². The maximum Gasteiger partial charge on any atom is 0.258 e. The number of nitrogens with zero attached hydrogens (tertiary/aromatic N) is 1. The van der Waals surface area contributed by atoms with Crippen LogP contribution in [0.15, 0.2) is 24.3 Å². The average molecular weight is 344 g/mol. The molecule has 0 atom stereocenters. The van der Waals surface area contributed by atoms with E-state index < -0.39 is 0 Å². The Morgan fingerprint density at radius 2 is 1.88 bits per heavy atom. The van der Waals surface area contributed by atoms with Gasteiger partial charge in [-0.25, -0.2) is 0 Å². The number of benzene rings is 1. The van der Waals surface area contributed by atoms with E-state index in [0.717, 1.165) is 31.5 Å². The normalized spacial score (nSPS) is 19.4. The second-order valence-electron chi connectivity index (χ2n) is 7.04. The third-order valence-corrected chi connectivity index (χ3v) is 5.04. The van der Waals surface area contributed by atoms with Gasteiger partial charge in [0.15, 0.2) is 6.61 Å². The van der Waals surface area contributed by atoms with Crippen molar-refractivity contribution >= 4 is 17.5 Å². The maximum atomic E-state index is 12.2. The zero-order valence-electron chi connectivity index (χ0n) is 14.8. The molecule has 25 heavy (non-hydrogen) atoms. The van der Waals surface area contributed by atoms with Crippen LogP contribution in [0.2, 0.25) is 0 Å². The summed E-state index contributed by atoms with van der Waals surface area (Å²) in [6.07, 6.45) is 9.88. The Hall–Kier alpha value is -2.04. The summed E-state index contributed by atoms with van der Waals surface area (Å²) < 4.78 is 5.65. The fourth-order valence-electron chi connectivity index (χ4n) is 3.68. The Kier molecular flexibility index (Phi) is 6.31. The van der Waals surface area contributed by atoms with Gasteiger partial charge < -0.3 is 15.0 Å². The topological polar surface area (TPSA) is 58.6 Å². The first-order chi connectivity index (χ1) is 12.2. The van der Waals surface area contributed by atoms with Crippen molar-refractivity contribution in [1.82, 2.24) is 5.32 Å². The van der Waals surface area contributed by atoms with Crippen LogP contribution in [-0.4, -0.2) is 31.0 Å². The molecule has 2 amide bonds. The summed E-state index contributed by atoms with van der Waals surface area (Å²) in [4.78, 5) is 25.8. The number of ether oxygens (including phenoxy) is 1. The molecule has 0 aromatic heterocycles. The molecular formula is C20H28N2O3. The molecule has 0 unspecified atom stereocenters. The fraction of sp³-hybridized carbons (Fsp3) is 0.600. The summed E-state index contributed by atoms with van der Waals surface area (Å²) in [6.45, 7) is 0.776. The van der Waals surface area contributed by atoms with E-state index in [1.807, 2.05) is 24.3 Å². The minimum atomic E-state index is -0.0618. The summed E-state index contributed by atoms with van der Waals surface area (Å²) in [7, 11) is 0. The molecule has 1 aromatic carbocycles. The van der Waals surface area contributed by atoms with Gasteiger partial charge in [0.1, 0.15) is 5.75 Å². The Morgan fingerprint density at radius 3 is 2.60 bits per heavy atom. The van der Waals surface area contributed by atoms with Gasteiger partial charge in [-0.1, -0.05) is 38.2 Å². The Balaban J connectivity index is 1.49. The number of carbonyl (C=O) groups is 2. The van der Waals surface area contributed by atoms with Crippen LogP contribution in [0.4, 0.5) is 5.69 Å². The summed E-state index contributed by atoms with van der Waals surface area (Å²) in [5, 5.41) is 3.11. The first kappa shape index (κ1) is 17.8. The van der Waals surface area contributed by atoms with E-state index in [2.05, 4.69) is 5.32 Å². The lowest BCUT2D eigenvalue weighted by atomic mass is 9.97.